The standard InChI is InChI=1S/C19H27NO4/c1-20(16-9-10-17(23-2)19(16)22)18(21)12-24-15-8-7-13-5-3-4-6-14(13)11-15/h7-8,11,16-17,19,22H,3-6,9-10,12H2,1-2H3/t16-,17-,19-/m1/s1. The minimum atomic E-state index is -0.632. The molecule has 0 bridgehead atoms. The van der Waals surface area contributed by atoms with Crippen molar-refractivity contribution in [1.82, 2.24) is 4.90 Å². The maximum absolute atomic E-state index is 12.4. The largest absolute Gasteiger partial charge is 0.484 e. The summed E-state index contributed by atoms with van der Waals surface area (Å²) in [6.07, 6.45) is 5.40. The fourth-order valence-electron chi connectivity index (χ4n) is 3.84. The summed E-state index contributed by atoms with van der Waals surface area (Å²) in [4.78, 5) is 14.0. The van der Waals surface area contributed by atoms with E-state index < -0.39 is 6.10 Å². The van der Waals surface area contributed by atoms with Crippen molar-refractivity contribution in [1.29, 1.82) is 0 Å². The Labute approximate surface area is 143 Å². The Bertz CT molecular complexity index is 589. The van der Waals surface area contributed by atoms with Crippen LogP contribution < -0.4 is 4.74 Å². The molecule has 1 saturated carbocycles. The summed E-state index contributed by atoms with van der Waals surface area (Å²) in [6, 6.07) is 5.92. The third kappa shape index (κ3) is 3.57. The summed E-state index contributed by atoms with van der Waals surface area (Å²) in [5, 5.41) is 10.2. The van der Waals surface area contributed by atoms with Crippen molar-refractivity contribution in [3.05, 3.63) is 29.3 Å². The number of nitrogens with zero attached hydrogens (tertiary/aromatic N) is 1. The summed E-state index contributed by atoms with van der Waals surface area (Å²) in [5.41, 5.74) is 2.74. The molecule has 0 aliphatic heterocycles. The second-order valence-electron chi connectivity index (χ2n) is 6.84. The predicted octanol–water partition coefficient (Wildman–Crippen LogP) is 1.94. The molecule has 24 heavy (non-hydrogen) atoms. The molecule has 2 aliphatic carbocycles. The molecule has 0 heterocycles. The smallest absolute Gasteiger partial charge is 0.260 e. The Morgan fingerprint density at radius 2 is 2.00 bits per heavy atom. The average molecular weight is 333 g/mol. The molecule has 1 aromatic carbocycles. The van der Waals surface area contributed by atoms with E-state index in [-0.39, 0.29) is 24.7 Å². The fraction of sp³-hybridized carbons (Fsp3) is 0.632. The molecule has 3 atom stereocenters. The number of rotatable bonds is 5. The van der Waals surface area contributed by atoms with Gasteiger partial charge < -0.3 is 19.5 Å². The number of benzene rings is 1. The van der Waals surface area contributed by atoms with Crippen LogP contribution in [0.5, 0.6) is 5.75 Å². The Morgan fingerprint density at radius 1 is 1.25 bits per heavy atom. The molecule has 5 heteroatoms. The van der Waals surface area contributed by atoms with Gasteiger partial charge in [0.1, 0.15) is 11.9 Å². The molecule has 1 fully saturated rings. The van der Waals surface area contributed by atoms with Crippen molar-refractivity contribution < 1.29 is 19.4 Å². The number of aliphatic hydroxyl groups is 1. The molecule has 0 unspecified atom stereocenters. The molecule has 5 nitrogen and oxygen atoms in total. The average Bonchev–Trinajstić information content (AvgIpc) is 2.99. The molecule has 3 rings (SSSR count). The number of carbonyl (C=O) groups is 1. The van der Waals surface area contributed by atoms with Gasteiger partial charge in [0.25, 0.3) is 5.91 Å². The van der Waals surface area contributed by atoms with Crippen molar-refractivity contribution in [3.8, 4) is 5.75 Å². The fourth-order valence-corrected chi connectivity index (χ4v) is 3.84. The third-order valence-corrected chi connectivity index (χ3v) is 5.40. The molecule has 0 aromatic heterocycles. The second-order valence-corrected chi connectivity index (χ2v) is 6.84. The second kappa shape index (κ2) is 7.53. The van der Waals surface area contributed by atoms with Crippen LogP contribution in [0.2, 0.25) is 0 Å². The number of hydrogen-bond donors (Lipinski definition) is 1. The van der Waals surface area contributed by atoms with Gasteiger partial charge in [0.05, 0.1) is 12.1 Å². The van der Waals surface area contributed by atoms with E-state index in [2.05, 4.69) is 12.1 Å². The molecular formula is C19H27NO4. The van der Waals surface area contributed by atoms with Gasteiger partial charge in [-0.15, -0.1) is 0 Å². The zero-order valence-electron chi connectivity index (χ0n) is 14.5. The van der Waals surface area contributed by atoms with Crippen molar-refractivity contribution in [2.45, 2.75) is 56.8 Å². The summed E-state index contributed by atoms with van der Waals surface area (Å²) in [5.74, 6) is 0.632. The highest BCUT2D eigenvalue weighted by Gasteiger charge is 2.38. The lowest BCUT2D eigenvalue weighted by atomic mass is 9.92. The molecule has 0 spiro atoms. The highest BCUT2D eigenvalue weighted by atomic mass is 16.5. The Kier molecular flexibility index (Phi) is 5.41. The van der Waals surface area contributed by atoms with E-state index in [1.54, 1.807) is 19.1 Å². The Balaban J connectivity index is 1.55. The maximum Gasteiger partial charge on any atom is 0.260 e. The number of carbonyl (C=O) groups excluding carboxylic acids is 1. The minimum Gasteiger partial charge on any atom is -0.484 e. The van der Waals surface area contributed by atoms with Gasteiger partial charge in [-0.2, -0.15) is 0 Å². The van der Waals surface area contributed by atoms with E-state index in [1.165, 1.54) is 24.0 Å². The van der Waals surface area contributed by atoms with Crippen LogP contribution in [0.25, 0.3) is 0 Å². The summed E-state index contributed by atoms with van der Waals surface area (Å²) < 4.78 is 10.9. The highest BCUT2D eigenvalue weighted by molar-refractivity contribution is 5.78. The SMILES string of the molecule is CO[C@@H]1CC[C@@H](N(C)C(=O)COc2ccc3c(c2)CCCC3)[C@H]1O. The number of ether oxygens (including phenoxy) is 2. The summed E-state index contributed by atoms with van der Waals surface area (Å²) in [7, 11) is 3.32. The van der Waals surface area contributed by atoms with Crippen LogP contribution in [0.1, 0.15) is 36.8 Å². The van der Waals surface area contributed by atoms with Crippen molar-refractivity contribution in [2.24, 2.45) is 0 Å². The topological polar surface area (TPSA) is 59.0 Å². The number of methoxy groups -OCH3 is 1. The molecule has 0 saturated heterocycles. The van der Waals surface area contributed by atoms with Gasteiger partial charge in [-0.05, 0) is 61.8 Å². The first-order valence-corrected chi connectivity index (χ1v) is 8.81. The third-order valence-electron chi connectivity index (χ3n) is 5.40. The van der Waals surface area contributed by atoms with Gasteiger partial charge in [-0.1, -0.05) is 6.07 Å². The highest BCUT2D eigenvalue weighted by Crippen LogP contribution is 2.27. The van der Waals surface area contributed by atoms with E-state index >= 15 is 0 Å². The number of hydrogen-bond acceptors (Lipinski definition) is 4. The van der Waals surface area contributed by atoms with Crippen LogP contribution >= 0.6 is 0 Å². The van der Waals surface area contributed by atoms with Crippen LogP contribution in [0.3, 0.4) is 0 Å². The summed E-state index contributed by atoms with van der Waals surface area (Å²) in [6.45, 7) is -0.00381. The van der Waals surface area contributed by atoms with E-state index in [1.807, 2.05) is 6.07 Å². The lowest BCUT2D eigenvalue weighted by Crippen LogP contribution is -2.46. The van der Waals surface area contributed by atoms with E-state index in [0.29, 0.717) is 0 Å². The molecule has 2 aliphatic rings. The zero-order chi connectivity index (χ0) is 17.1. The van der Waals surface area contributed by atoms with E-state index in [4.69, 9.17) is 9.47 Å². The molecule has 1 amide bonds. The first-order valence-electron chi connectivity index (χ1n) is 8.81. The molecule has 132 valence electrons. The summed E-state index contributed by atoms with van der Waals surface area (Å²) >= 11 is 0. The van der Waals surface area contributed by atoms with Gasteiger partial charge in [-0.3, -0.25) is 4.79 Å². The van der Waals surface area contributed by atoms with Crippen LogP contribution in [-0.2, 0) is 22.4 Å². The normalized spacial score (nSPS) is 26.0. The van der Waals surface area contributed by atoms with Crippen LogP contribution in [0.4, 0.5) is 0 Å². The first-order chi connectivity index (χ1) is 11.6. The van der Waals surface area contributed by atoms with Crippen LogP contribution in [0.15, 0.2) is 18.2 Å². The van der Waals surface area contributed by atoms with Gasteiger partial charge >= 0.3 is 0 Å². The van der Waals surface area contributed by atoms with Crippen LogP contribution in [0, 0.1) is 0 Å². The van der Waals surface area contributed by atoms with Crippen molar-refractivity contribution in [2.75, 3.05) is 20.8 Å². The lowest BCUT2D eigenvalue weighted by molar-refractivity contribution is -0.136. The zero-order valence-corrected chi connectivity index (χ0v) is 14.5. The number of aryl methyl sites for hydroxylation is 2. The molecule has 1 N–H and O–H groups in total. The number of amides is 1. The van der Waals surface area contributed by atoms with E-state index in [0.717, 1.165) is 31.4 Å². The van der Waals surface area contributed by atoms with Gasteiger partial charge in [0.2, 0.25) is 0 Å². The maximum atomic E-state index is 12.4. The van der Waals surface area contributed by atoms with Crippen molar-refractivity contribution >= 4 is 5.91 Å². The lowest BCUT2D eigenvalue weighted by Gasteiger charge is -2.28. The Morgan fingerprint density at radius 3 is 2.71 bits per heavy atom. The number of likely N-dealkylation sites (N-methyl/N-ethyl adjacent to an activating group) is 1. The monoisotopic (exact) mass is 333 g/mol. The van der Waals surface area contributed by atoms with Gasteiger partial charge in [-0.25, -0.2) is 0 Å². The number of aliphatic hydroxyl groups excluding tert-OH is 1. The van der Waals surface area contributed by atoms with Crippen LogP contribution in [-0.4, -0.2) is 54.9 Å². The van der Waals surface area contributed by atoms with Gasteiger partial charge in [0.15, 0.2) is 6.61 Å². The van der Waals surface area contributed by atoms with E-state index in [9.17, 15) is 9.90 Å². The first kappa shape index (κ1) is 17.2. The quantitative estimate of drug-likeness (QED) is 0.895. The number of fused-ring (bicyclic) bond motifs is 1. The molecular weight excluding hydrogens is 306 g/mol. The predicted molar refractivity (Wildman–Crippen MR) is 91.2 cm³/mol. The Hall–Kier alpha value is -1.59. The minimum absolute atomic E-state index is 0.00381. The molecule has 1 aromatic rings. The van der Waals surface area contributed by atoms with Gasteiger partial charge in [0, 0.05) is 14.2 Å². The van der Waals surface area contributed by atoms with Crippen molar-refractivity contribution in [3.63, 3.8) is 0 Å². The molecule has 0 radical (unpaired) electrons.